The average Bonchev–Trinajstić information content (AvgIpc) is 2.58. The summed E-state index contributed by atoms with van der Waals surface area (Å²) >= 11 is 0. The van der Waals surface area contributed by atoms with Gasteiger partial charge in [0.05, 0.1) is 17.3 Å². The normalized spacial score (nSPS) is 11.9. The minimum Gasteiger partial charge on any atom is -0.481 e. The van der Waals surface area contributed by atoms with Gasteiger partial charge in [0.25, 0.3) is 0 Å². The topological polar surface area (TPSA) is 41.8 Å². The molecule has 0 heterocycles. The van der Waals surface area contributed by atoms with Gasteiger partial charge in [0.2, 0.25) is 0 Å². The summed E-state index contributed by atoms with van der Waals surface area (Å²) in [5.74, 6) is 4.57. The van der Waals surface area contributed by atoms with E-state index in [1.807, 2.05) is 0 Å². The molecule has 0 saturated heterocycles. The number of hydrogen-bond donors (Lipinski definition) is 1. The zero-order valence-electron chi connectivity index (χ0n) is 13.4. The minimum absolute atomic E-state index is 0.0236. The number of halogens is 6. The fourth-order valence-corrected chi connectivity index (χ4v) is 1.99. The van der Waals surface area contributed by atoms with Crippen LogP contribution in [0.15, 0.2) is 47.6 Å². The number of hydrogen-bond acceptors (Lipinski definition) is 3. The first-order chi connectivity index (χ1) is 12.6. The van der Waals surface area contributed by atoms with Gasteiger partial charge in [-0.1, -0.05) is 29.1 Å². The van der Waals surface area contributed by atoms with Crippen LogP contribution in [0.4, 0.5) is 26.3 Å². The van der Waals surface area contributed by atoms with Crippen molar-refractivity contribution in [2.75, 3.05) is 6.61 Å². The summed E-state index contributed by atoms with van der Waals surface area (Å²) in [6, 6.07) is 7.39. The van der Waals surface area contributed by atoms with E-state index in [1.165, 1.54) is 6.21 Å². The van der Waals surface area contributed by atoms with Gasteiger partial charge in [-0.2, -0.15) is 26.3 Å². The monoisotopic (exact) mass is 387 g/mol. The molecule has 9 heteroatoms. The predicted octanol–water partition coefficient (Wildman–Crippen LogP) is 4.96. The number of ether oxygens (including phenoxy) is 1. The Morgan fingerprint density at radius 3 is 1.96 bits per heavy atom. The van der Waals surface area contributed by atoms with E-state index in [0.717, 1.165) is 0 Å². The van der Waals surface area contributed by atoms with E-state index < -0.39 is 35.8 Å². The zero-order chi connectivity index (χ0) is 20.1. The first-order valence-electron chi connectivity index (χ1n) is 7.28. The maximum absolute atomic E-state index is 12.8. The molecule has 0 aliphatic rings. The Labute approximate surface area is 149 Å². The Hall–Kier alpha value is -3.15. The molecule has 0 spiro atoms. The maximum atomic E-state index is 12.8. The summed E-state index contributed by atoms with van der Waals surface area (Å²) in [5.41, 5.74) is -1.76. The van der Waals surface area contributed by atoms with Gasteiger partial charge in [-0.15, -0.1) is 0 Å². The summed E-state index contributed by atoms with van der Waals surface area (Å²) in [6.45, 7) is -0.404. The molecule has 2 aromatic rings. The van der Waals surface area contributed by atoms with Gasteiger partial charge < -0.3 is 9.94 Å². The Morgan fingerprint density at radius 2 is 1.48 bits per heavy atom. The van der Waals surface area contributed by atoms with Gasteiger partial charge >= 0.3 is 12.4 Å². The highest BCUT2D eigenvalue weighted by Crippen LogP contribution is 2.38. The van der Waals surface area contributed by atoms with Crippen molar-refractivity contribution in [1.29, 1.82) is 0 Å². The van der Waals surface area contributed by atoms with Crippen LogP contribution in [0.2, 0.25) is 0 Å². The lowest BCUT2D eigenvalue weighted by atomic mass is 10.1. The van der Waals surface area contributed by atoms with Crippen molar-refractivity contribution in [2.24, 2.45) is 5.16 Å². The van der Waals surface area contributed by atoms with Crippen molar-refractivity contribution in [3.8, 4) is 17.6 Å². The van der Waals surface area contributed by atoms with Crippen LogP contribution in [0.25, 0.3) is 0 Å². The molecule has 0 radical (unpaired) electrons. The second-order valence-corrected chi connectivity index (χ2v) is 5.20. The molecule has 3 nitrogen and oxygen atoms in total. The fourth-order valence-electron chi connectivity index (χ4n) is 1.99. The summed E-state index contributed by atoms with van der Waals surface area (Å²) in [7, 11) is 0. The molecule has 0 saturated carbocycles. The van der Waals surface area contributed by atoms with Gasteiger partial charge in [0.15, 0.2) is 0 Å². The molecule has 27 heavy (non-hydrogen) atoms. The number of nitrogens with zero attached hydrogens (tertiary/aromatic N) is 1. The van der Waals surface area contributed by atoms with Crippen molar-refractivity contribution < 1.29 is 36.3 Å². The van der Waals surface area contributed by atoms with E-state index in [2.05, 4.69) is 17.0 Å². The second kappa shape index (κ2) is 8.03. The summed E-state index contributed by atoms with van der Waals surface area (Å²) < 4.78 is 81.5. The highest BCUT2D eigenvalue weighted by molar-refractivity contribution is 5.79. The number of alkyl halides is 6. The van der Waals surface area contributed by atoms with E-state index in [4.69, 9.17) is 9.94 Å². The quantitative estimate of drug-likeness (QED) is 0.266. The summed E-state index contributed by atoms with van der Waals surface area (Å²) in [5, 5.41) is 11.2. The molecule has 0 aromatic heterocycles. The lowest BCUT2D eigenvalue weighted by Gasteiger charge is -2.14. The van der Waals surface area contributed by atoms with Gasteiger partial charge in [-0.3, -0.25) is 0 Å². The maximum Gasteiger partial charge on any atom is 0.416 e. The number of rotatable bonds is 3. The lowest BCUT2D eigenvalue weighted by Crippen LogP contribution is -2.11. The molecule has 0 aliphatic carbocycles. The SMILES string of the molecule is ON=Cc1ccc(C#CCOc2cc(C(F)(F)F)cc(C(F)(F)F)c2)cc1. The van der Waals surface area contributed by atoms with E-state index in [0.29, 0.717) is 23.3 Å². The molecule has 0 amide bonds. The molecule has 0 atom stereocenters. The van der Waals surface area contributed by atoms with Crippen LogP contribution in [0, 0.1) is 11.8 Å². The minimum atomic E-state index is -4.94. The molecule has 2 rings (SSSR count). The Balaban J connectivity index is 2.14. The third-order valence-electron chi connectivity index (χ3n) is 3.22. The van der Waals surface area contributed by atoms with Crippen LogP contribution in [-0.4, -0.2) is 18.0 Å². The van der Waals surface area contributed by atoms with E-state index in [-0.39, 0.29) is 6.07 Å². The highest BCUT2D eigenvalue weighted by Gasteiger charge is 2.37. The molecule has 0 fully saturated rings. The molecule has 0 unspecified atom stereocenters. The first kappa shape index (κ1) is 20.2. The van der Waals surface area contributed by atoms with Crippen LogP contribution in [0.1, 0.15) is 22.3 Å². The molecule has 2 aromatic carbocycles. The Bertz CT molecular complexity index is 842. The zero-order valence-corrected chi connectivity index (χ0v) is 13.4. The second-order valence-electron chi connectivity index (χ2n) is 5.20. The Kier molecular flexibility index (Phi) is 6.00. The molecule has 1 N–H and O–H groups in total. The van der Waals surface area contributed by atoms with Crippen LogP contribution < -0.4 is 4.74 Å². The molecule has 142 valence electrons. The first-order valence-corrected chi connectivity index (χ1v) is 7.28. The van der Waals surface area contributed by atoms with Gasteiger partial charge in [0.1, 0.15) is 12.4 Å². The molecule has 0 aliphatic heterocycles. The summed E-state index contributed by atoms with van der Waals surface area (Å²) in [4.78, 5) is 0. The lowest BCUT2D eigenvalue weighted by molar-refractivity contribution is -0.143. The highest BCUT2D eigenvalue weighted by atomic mass is 19.4. The standard InChI is InChI=1S/C18H11F6NO2/c19-17(20,21)14-8-15(18(22,23)24)10-16(9-14)27-7-1-2-12-3-5-13(6-4-12)11-25-26/h3-6,8-11,26H,7H2. The Morgan fingerprint density at radius 1 is 0.926 bits per heavy atom. The van der Waals surface area contributed by atoms with Gasteiger partial charge in [-0.25, -0.2) is 0 Å². The largest absolute Gasteiger partial charge is 0.481 e. The van der Waals surface area contributed by atoms with E-state index in [9.17, 15) is 26.3 Å². The van der Waals surface area contributed by atoms with E-state index >= 15 is 0 Å². The van der Waals surface area contributed by atoms with Crippen molar-refractivity contribution in [1.82, 2.24) is 0 Å². The summed E-state index contributed by atoms with van der Waals surface area (Å²) in [6.07, 6.45) is -8.68. The van der Waals surface area contributed by atoms with E-state index in [1.54, 1.807) is 24.3 Å². The van der Waals surface area contributed by atoms with Crippen molar-refractivity contribution in [3.05, 3.63) is 64.7 Å². The van der Waals surface area contributed by atoms with Crippen LogP contribution in [-0.2, 0) is 12.4 Å². The van der Waals surface area contributed by atoms with Gasteiger partial charge in [0, 0.05) is 5.56 Å². The smallest absolute Gasteiger partial charge is 0.416 e. The molecular formula is C18H11F6NO2. The molecule has 0 bridgehead atoms. The fraction of sp³-hybridized carbons (Fsp3) is 0.167. The average molecular weight is 387 g/mol. The number of benzene rings is 2. The van der Waals surface area contributed by atoms with Crippen molar-refractivity contribution in [2.45, 2.75) is 12.4 Å². The van der Waals surface area contributed by atoms with Crippen molar-refractivity contribution in [3.63, 3.8) is 0 Å². The van der Waals surface area contributed by atoms with Crippen LogP contribution in [0.3, 0.4) is 0 Å². The van der Waals surface area contributed by atoms with Crippen molar-refractivity contribution >= 4 is 6.21 Å². The number of oxime groups is 1. The van der Waals surface area contributed by atoms with Crippen LogP contribution in [0.5, 0.6) is 5.75 Å². The predicted molar refractivity (Wildman–Crippen MR) is 84.6 cm³/mol. The van der Waals surface area contributed by atoms with Crippen LogP contribution >= 0.6 is 0 Å². The van der Waals surface area contributed by atoms with Gasteiger partial charge in [-0.05, 0) is 35.9 Å². The third-order valence-corrected chi connectivity index (χ3v) is 3.22. The molecular weight excluding hydrogens is 376 g/mol. The third kappa shape index (κ3) is 5.95.